The van der Waals surface area contributed by atoms with Crippen molar-refractivity contribution in [1.29, 1.82) is 0 Å². The highest BCUT2D eigenvalue weighted by Crippen LogP contribution is 2.36. The summed E-state index contributed by atoms with van der Waals surface area (Å²) in [6.45, 7) is 11.6. The number of hydrogen-bond donors (Lipinski definition) is 0. The standard InChI is InChI=1S/C17H25ClN2O/c1-6-21-14-9-7-8-13-16(14)19-15(10-11-18)20(13)12(2)17(3,4)5/h7-9,12H,6,10-11H2,1-5H3. The van der Waals surface area contributed by atoms with E-state index in [2.05, 4.69) is 38.3 Å². The first-order chi connectivity index (χ1) is 9.90. The van der Waals surface area contributed by atoms with Crippen LogP contribution in [-0.2, 0) is 6.42 Å². The van der Waals surface area contributed by atoms with Crippen molar-refractivity contribution in [2.75, 3.05) is 12.5 Å². The molecule has 0 aliphatic heterocycles. The number of alkyl halides is 1. The summed E-state index contributed by atoms with van der Waals surface area (Å²) in [6, 6.07) is 6.46. The van der Waals surface area contributed by atoms with Gasteiger partial charge in [0, 0.05) is 18.3 Å². The highest BCUT2D eigenvalue weighted by molar-refractivity contribution is 6.17. The molecule has 0 aliphatic carbocycles. The van der Waals surface area contributed by atoms with Crippen molar-refractivity contribution in [2.24, 2.45) is 5.41 Å². The van der Waals surface area contributed by atoms with E-state index in [1.165, 1.54) is 0 Å². The minimum atomic E-state index is 0.149. The van der Waals surface area contributed by atoms with Gasteiger partial charge in [0.2, 0.25) is 0 Å². The first-order valence-electron chi connectivity index (χ1n) is 7.58. The fourth-order valence-corrected chi connectivity index (χ4v) is 2.66. The van der Waals surface area contributed by atoms with E-state index in [0.29, 0.717) is 18.5 Å². The second-order valence-electron chi connectivity index (χ2n) is 6.44. The number of hydrogen-bond acceptors (Lipinski definition) is 2. The zero-order valence-electron chi connectivity index (χ0n) is 13.6. The van der Waals surface area contributed by atoms with Crippen molar-refractivity contribution < 1.29 is 4.74 Å². The Kier molecular flexibility index (Phi) is 4.82. The lowest BCUT2D eigenvalue weighted by Crippen LogP contribution is -2.23. The van der Waals surface area contributed by atoms with Gasteiger partial charge in [-0.15, -0.1) is 11.6 Å². The van der Waals surface area contributed by atoms with Crippen molar-refractivity contribution in [1.82, 2.24) is 9.55 Å². The van der Waals surface area contributed by atoms with Crippen LogP contribution in [-0.4, -0.2) is 22.0 Å². The van der Waals surface area contributed by atoms with Crippen LogP contribution in [0.15, 0.2) is 18.2 Å². The Morgan fingerprint density at radius 2 is 2.05 bits per heavy atom. The van der Waals surface area contributed by atoms with E-state index in [1.807, 2.05) is 19.1 Å². The fraction of sp³-hybridized carbons (Fsp3) is 0.588. The highest BCUT2D eigenvalue weighted by Gasteiger charge is 2.26. The van der Waals surface area contributed by atoms with Gasteiger partial charge in [0.25, 0.3) is 0 Å². The van der Waals surface area contributed by atoms with E-state index >= 15 is 0 Å². The molecule has 0 saturated carbocycles. The molecule has 0 fully saturated rings. The molecule has 1 unspecified atom stereocenters. The van der Waals surface area contributed by atoms with E-state index in [4.69, 9.17) is 21.3 Å². The Balaban J connectivity index is 2.66. The maximum atomic E-state index is 5.97. The van der Waals surface area contributed by atoms with Gasteiger partial charge in [-0.3, -0.25) is 0 Å². The van der Waals surface area contributed by atoms with Crippen molar-refractivity contribution in [3.8, 4) is 5.75 Å². The molecule has 0 amide bonds. The van der Waals surface area contributed by atoms with Crippen LogP contribution in [0.2, 0.25) is 0 Å². The SMILES string of the molecule is CCOc1cccc2c1nc(CCCl)n2C(C)C(C)(C)C. The number of rotatable bonds is 5. The summed E-state index contributed by atoms with van der Waals surface area (Å²) in [4.78, 5) is 4.81. The monoisotopic (exact) mass is 308 g/mol. The van der Waals surface area contributed by atoms with Crippen molar-refractivity contribution in [3.05, 3.63) is 24.0 Å². The maximum absolute atomic E-state index is 5.97. The molecule has 1 aromatic carbocycles. The Labute approximate surface area is 132 Å². The second kappa shape index (κ2) is 6.27. The van der Waals surface area contributed by atoms with Gasteiger partial charge in [-0.05, 0) is 31.4 Å². The molecule has 0 saturated heterocycles. The number of para-hydroxylation sites is 1. The van der Waals surface area contributed by atoms with Crippen molar-refractivity contribution in [2.45, 2.75) is 47.1 Å². The fourth-order valence-electron chi connectivity index (χ4n) is 2.49. The zero-order valence-corrected chi connectivity index (χ0v) is 14.4. The topological polar surface area (TPSA) is 27.1 Å². The Morgan fingerprint density at radius 1 is 1.33 bits per heavy atom. The van der Waals surface area contributed by atoms with Crippen LogP contribution in [0.25, 0.3) is 11.0 Å². The molecular weight excluding hydrogens is 284 g/mol. The molecule has 1 atom stereocenters. The molecule has 0 spiro atoms. The van der Waals surface area contributed by atoms with Crippen LogP contribution < -0.4 is 4.74 Å². The van der Waals surface area contributed by atoms with Crippen LogP contribution in [0.1, 0.15) is 46.5 Å². The summed E-state index contributed by atoms with van der Waals surface area (Å²) in [5.41, 5.74) is 2.22. The summed E-state index contributed by atoms with van der Waals surface area (Å²) in [5.74, 6) is 2.46. The van der Waals surface area contributed by atoms with E-state index in [1.54, 1.807) is 0 Å². The number of aryl methyl sites for hydroxylation is 1. The molecule has 2 rings (SSSR count). The predicted octanol–water partition coefficient (Wildman–Crippen LogP) is 4.82. The molecule has 21 heavy (non-hydrogen) atoms. The lowest BCUT2D eigenvalue weighted by atomic mass is 9.87. The van der Waals surface area contributed by atoms with Gasteiger partial charge in [-0.1, -0.05) is 26.8 Å². The van der Waals surface area contributed by atoms with E-state index in [0.717, 1.165) is 29.0 Å². The van der Waals surface area contributed by atoms with Gasteiger partial charge in [0.15, 0.2) is 0 Å². The molecule has 0 bridgehead atoms. The first kappa shape index (κ1) is 16.2. The molecule has 0 aliphatic rings. The average Bonchev–Trinajstić information content (AvgIpc) is 2.77. The number of imidazole rings is 1. The average molecular weight is 309 g/mol. The van der Waals surface area contributed by atoms with Gasteiger partial charge in [0.1, 0.15) is 17.1 Å². The number of nitrogens with zero attached hydrogens (tertiary/aromatic N) is 2. The Hall–Kier alpha value is -1.22. The third kappa shape index (κ3) is 3.18. The van der Waals surface area contributed by atoms with Crippen molar-refractivity contribution in [3.63, 3.8) is 0 Å². The Morgan fingerprint density at radius 3 is 2.62 bits per heavy atom. The summed E-state index contributed by atoms with van der Waals surface area (Å²) in [6.07, 6.45) is 0.766. The molecular formula is C17H25ClN2O. The van der Waals surface area contributed by atoms with Gasteiger partial charge in [-0.2, -0.15) is 0 Å². The lowest BCUT2D eigenvalue weighted by Gasteiger charge is -2.30. The molecule has 2 aromatic rings. The maximum Gasteiger partial charge on any atom is 0.147 e. The largest absolute Gasteiger partial charge is 0.492 e. The van der Waals surface area contributed by atoms with Crippen molar-refractivity contribution >= 4 is 22.6 Å². The molecule has 0 N–H and O–H groups in total. The zero-order chi connectivity index (χ0) is 15.6. The normalized spacial score (nSPS) is 13.6. The van der Waals surface area contributed by atoms with Crippen LogP contribution in [0, 0.1) is 5.41 Å². The van der Waals surface area contributed by atoms with Gasteiger partial charge in [-0.25, -0.2) is 4.98 Å². The quantitative estimate of drug-likeness (QED) is 0.740. The minimum Gasteiger partial charge on any atom is -0.492 e. The van der Waals surface area contributed by atoms with Crippen LogP contribution in [0.3, 0.4) is 0 Å². The number of fused-ring (bicyclic) bond motifs is 1. The van der Waals surface area contributed by atoms with Gasteiger partial charge >= 0.3 is 0 Å². The summed E-state index contributed by atoms with van der Waals surface area (Å²) >= 11 is 5.97. The number of halogens is 1. The van der Waals surface area contributed by atoms with Crippen LogP contribution >= 0.6 is 11.6 Å². The molecule has 116 valence electrons. The lowest BCUT2D eigenvalue weighted by molar-refractivity contribution is 0.263. The summed E-state index contributed by atoms with van der Waals surface area (Å²) in [7, 11) is 0. The highest BCUT2D eigenvalue weighted by atomic mass is 35.5. The van der Waals surface area contributed by atoms with Crippen LogP contribution in [0.4, 0.5) is 0 Å². The smallest absolute Gasteiger partial charge is 0.147 e. The van der Waals surface area contributed by atoms with Crippen LogP contribution in [0.5, 0.6) is 5.75 Å². The number of ether oxygens (including phenoxy) is 1. The molecule has 0 radical (unpaired) electrons. The van der Waals surface area contributed by atoms with Gasteiger partial charge in [0.05, 0.1) is 12.1 Å². The van der Waals surface area contributed by atoms with E-state index < -0.39 is 0 Å². The molecule has 3 nitrogen and oxygen atoms in total. The first-order valence-corrected chi connectivity index (χ1v) is 8.12. The molecule has 4 heteroatoms. The third-order valence-electron chi connectivity index (χ3n) is 4.01. The summed E-state index contributed by atoms with van der Waals surface area (Å²) < 4.78 is 8.04. The van der Waals surface area contributed by atoms with E-state index in [9.17, 15) is 0 Å². The summed E-state index contributed by atoms with van der Waals surface area (Å²) in [5, 5.41) is 0. The Bertz CT molecular complexity index is 613. The van der Waals surface area contributed by atoms with E-state index in [-0.39, 0.29) is 5.41 Å². The molecule has 1 heterocycles. The van der Waals surface area contributed by atoms with Gasteiger partial charge < -0.3 is 9.30 Å². The minimum absolute atomic E-state index is 0.149. The predicted molar refractivity (Wildman–Crippen MR) is 89.5 cm³/mol. The second-order valence-corrected chi connectivity index (χ2v) is 6.81. The number of benzene rings is 1. The number of aromatic nitrogens is 2. The molecule has 1 aromatic heterocycles. The third-order valence-corrected chi connectivity index (χ3v) is 4.20.